The van der Waals surface area contributed by atoms with Crippen molar-refractivity contribution < 1.29 is 14.3 Å². The molecule has 0 aliphatic carbocycles. The number of methoxy groups -OCH3 is 1. The van der Waals surface area contributed by atoms with Crippen molar-refractivity contribution in [1.82, 2.24) is 9.80 Å². The minimum absolute atomic E-state index is 0.0936. The highest BCUT2D eigenvalue weighted by Gasteiger charge is 2.40. The lowest BCUT2D eigenvalue weighted by Gasteiger charge is -2.32. The Morgan fingerprint density at radius 2 is 2.13 bits per heavy atom. The summed E-state index contributed by atoms with van der Waals surface area (Å²) in [6, 6.07) is 5.01. The van der Waals surface area contributed by atoms with Gasteiger partial charge in [0, 0.05) is 31.9 Å². The molecular weight excluding hydrogens is 318 g/mol. The molecule has 3 aliphatic heterocycles. The van der Waals surface area contributed by atoms with Crippen LogP contribution in [0, 0.1) is 5.92 Å². The molecule has 124 valence electrons. The molecule has 0 saturated carbocycles. The van der Waals surface area contributed by atoms with Crippen LogP contribution in [0.15, 0.2) is 18.2 Å². The van der Waals surface area contributed by atoms with Crippen molar-refractivity contribution in [2.45, 2.75) is 18.9 Å². The summed E-state index contributed by atoms with van der Waals surface area (Å²) in [4.78, 5) is 28.2. The molecular formula is C16H20ClN3O3. The van der Waals surface area contributed by atoms with Crippen LogP contribution in [0.25, 0.3) is 0 Å². The van der Waals surface area contributed by atoms with Crippen molar-refractivity contribution in [3.63, 3.8) is 0 Å². The fourth-order valence-electron chi connectivity index (χ4n) is 3.27. The van der Waals surface area contributed by atoms with E-state index in [9.17, 15) is 9.59 Å². The van der Waals surface area contributed by atoms with Gasteiger partial charge in [-0.3, -0.25) is 4.79 Å². The maximum absolute atomic E-state index is 12.5. The second-order valence-electron chi connectivity index (χ2n) is 6.06. The molecule has 3 saturated heterocycles. The number of nitrogens with one attached hydrogen (secondary N) is 1. The molecule has 0 aromatic heterocycles. The number of piperidine rings is 1. The molecule has 3 heterocycles. The van der Waals surface area contributed by atoms with E-state index >= 15 is 0 Å². The number of urea groups is 1. The van der Waals surface area contributed by atoms with Crippen molar-refractivity contribution in [2.24, 2.45) is 5.92 Å². The number of carbonyl (C=O) groups excluding carboxylic acids is 2. The van der Waals surface area contributed by atoms with Crippen LogP contribution in [0.2, 0.25) is 5.02 Å². The summed E-state index contributed by atoms with van der Waals surface area (Å²) in [7, 11) is 3.36. The number of halogens is 1. The number of amides is 3. The van der Waals surface area contributed by atoms with Crippen LogP contribution in [0.5, 0.6) is 5.75 Å². The number of rotatable bonds is 2. The predicted octanol–water partition coefficient (Wildman–Crippen LogP) is 2.43. The fourth-order valence-corrected chi connectivity index (χ4v) is 3.53. The Labute approximate surface area is 140 Å². The second kappa shape index (κ2) is 6.28. The molecule has 6 nitrogen and oxygen atoms in total. The van der Waals surface area contributed by atoms with Gasteiger partial charge >= 0.3 is 6.03 Å². The number of fused-ring (bicyclic) bond motifs is 4. The Morgan fingerprint density at radius 1 is 1.35 bits per heavy atom. The summed E-state index contributed by atoms with van der Waals surface area (Å²) < 4.78 is 5.10. The largest absolute Gasteiger partial charge is 0.495 e. The Hall–Kier alpha value is -1.95. The lowest BCUT2D eigenvalue weighted by Crippen LogP contribution is -2.45. The van der Waals surface area contributed by atoms with E-state index in [1.165, 1.54) is 0 Å². The van der Waals surface area contributed by atoms with Crippen LogP contribution in [0.1, 0.15) is 12.8 Å². The van der Waals surface area contributed by atoms with E-state index in [4.69, 9.17) is 16.3 Å². The minimum atomic E-state index is -0.203. The lowest BCUT2D eigenvalue weighted by atomic mass is 9.95. The topological polar surface area (TPSA) is 61.9 Å². The quantitative estimate of drug-likeness (QED) is 0.901. The van der Waals surface area contributed by atoms with Gasteiger partial charge in [0.25, 0.3) is 0 Å². The second-order valence-corrected chi connectivity index (χ2v) is 6.47. The van der Waals surface area contributed by atoms with Crippen LogP contribution in [-0.4, -0.2) is 55.0 Å². The molecule has 1 N–H and O–H groups in total. The number of carbonyl (C=O) groups is 2. The smallest absolute Gasteiger partial charge is 0.321 e. The Balaban J connectivity index is 1.71. The van der Waals surface area contributed by atoms with Crippen molar-refractivity contribution >= 4 is 29.2 Å². The van der Waals surface area contributed by atoms with Crippen molar-refractivity contribution in [1.29, 1.82) is 0 Å². The van der Waals surface area contributed by atoms with E-state index in [1.807, 2.05) is 7.05 Å². The van der Waals surface area contributed by atoms with Crippen molar-refractivity contribution in [3.05, 3.63) is 23.2 Å². The Morgan fingerprint density at radius 3 is 2.83 bits per heavy atom. The van der Waals surface area contributed by atoms with Gasteiger partial charge in [-0.05, 0) is 31.0 Å². The van der Waals surface area contributed by atoms with Gasteiger partial charge in [-0.1, -0.05) is 11.6 Å². The predicted molar refractivity (Wildman–Crippen MR) is 87.9 cm³/mol. The van der Waals surface area contributed by atoms with Gasteiger partial charge < -0.3 is 19.9 Å². The molecule has 3 aliphatic rings. The van der Waals surface area contributed by atoms with Gasteiger partial charge in [0.1, 0.15) is 5.75 Å². The summed E-state index contributed by atoms with van der Waals surface area (Å²) in [5.74, 6) is 0.609. The third-order valence-corrected chi connectivity index (χ3v) is 4.95. The molecule has 3 amide bonds. The zero-order chi connectivity index (χ0) is 16.6. The van der Waals surface area contributed by atoms with Crippen LogP contribution >= 0.6 is 11.6 Å². The molecule has 7 heteroatoms. The van der Waals surface area contributed by atoms with Crippen molar-refractivity contribution in [2.75, 3.05) is 32.6 Å². The molecule has 0 unspecified atom stereocenters. The normalized spacial score (nSPS) is 23.7. The monoisotopic (exact) mass is 337 g/mol. The number of anilines is 1. The molecule has 1 aromatic rings. The van der Waals surface area contributed by atoms with Crippen LogP contribution in [0.3, 0.4) is 0 Å². The van der Waals surface area contributed by atoms with E-state index in [0.717, 1.165) is 12.8 Å². The van der Waals surface area contributed by atoms with Gasteiger partial charge in [0.15, 0.2) is 0 Å². The highest BCUT2D eigenvalue weighted by Crippen LogP contribution is 2.30. The maximum Gasteiger partial charge on any atom is 0.321 e. The molecule has 4 rings (SSSR count). The molecule has 0 spiro atoms. The first kappa shape index (κ1) is 15.9. The van der Waals surface area contributed by atoms with E-state index in [0.29, 0.717) is 29.5 Å². The van der Waals surface area contributed by atoms with E-state index in [-0.39, 0.29) is 23.9 Å². The molecule has 0 radical (unpaired) electrons. The first-order chi connectivity index (χ1) is 11.0. The van der Waals surface area contributed by atoms with Gasteiger partial charge in [-0.15, -0.1) is 0 Å². The average molecular weight is 338 g/mol. The number of hydrogen-bond acceptors (Lipinski definition) is 3. The third kappa shape index (κ3) is 3.08. The van der Waals surface area contributed by atoms with E-state index in [1.54, 1.807) is 35.1 Å². The first-order valence-corrected chi connectivity index (χ1v) is 8.03. The molecule has 1 aromatic carbocycles. The fraction of sp³-hybridized carbons (Fsp3) is 0.500. The SMILES string of the molecule is COc1ccc(NC(=O)N2C[C@@H]3CC[C@H](C2)N(C)C3=O)cc1Cl. The number of ether oxygens (including phenoxy) is 1. The highest BCUT2D eigenvalue weighted by molar-refractivity contribution is 6.32. The van der Waals surface area contributed by atoms with Crippen LogP contribution < -0.4 is 10.1 Å². The van der Waals surface area contributed by atoms with Crippen molar-refractivity contribution in [3.8, 4) is 5.75 Å². The van der Waals surface area contributed by atoms with Gasteiger partial charge in [-0.2, -0.15) is 0 Å². The zero-order valence-corrected chi connectivity index (χ0v) is 14.0. The zero-order valence-electron chi connectivity index (χ0n) is 13.2. The average Bonchev–Trinajstić information content (AvgIpc) is 2.81. The summed E-state index contributed by atoms with van der Waals surface area (Å²) in [6.07, 6.45) is 1.80. The Kier molecular flexibility index (Phi) is 4.35. The van der Waals surface area contributed by atoms with Crippen LogP contribution in [0.4, 0.5) is 10.5 Å². The van der Waals surface area contributed by atoms with E-state index < -0.39 is 0 Å². The van der Waals surface area contributed by atoms with Crippen LogP contribution in [-0.2, 0) is 4.79 Å². The molecule has 23 heavy (non-hydrogen) atoms. The highest BCUT2D eigenvalue weighted by atomic mass is 35.5. The maximum atomic E-state index is 12.5. The number of likely N-dealkylation sites (N-methyl/N-ethyl adjacent to an activating group) is 1. The number of benzene rings is 1. The molecule has 3 fully saturated rings. The van der Waals surface area contributed by atoms with Gasteiger partial charge in [0.05, 0.1) is 18.1 Å². The van der Waals surface area contributed by atoms with Gasteiger partial charge in [-0.25, -0.2) is 4.79 Å². The number of hydrogen-bond donors (Lipinski definition) is 1. The first-order valence-electron chi connectivity index (χ1n) is 7.65. The summed E-state index contributed by atoms with van der Waals surface area (Å²) in [6.45, 7) is 1.03. The number of nitrogens with zero attached hydrogens (tertiary/aromatic N) is 2. The lowest BCUT2D eigenvalue weighted by molar-refractivity contribution is -0.138. The minimum Gasteiger partial charge on any atom is -0.495 e. The summed E-state index contributed by atoms with van der Waals surface area (Å²) >= 11 is 6.08. The van der Waals surface area contributed by atoms with Gasteiger partial charge in [0.2, 0.25) is 5.91 Å². The third-order valence-electron chi connectivity index (χ3n) is 4.66. The summed E-state index contributed by atoms with van der Waals surface area (Å²) in [5, 5.41) is 3.29. The van der Waals surface area contributed by atoms with E-state index in [2.05, 4.69) is 5.32 Å². The molecule has 2 atom stereocenters. The molecule has 2 bridgehead atoms. The standard InChI is InChI=1S/C16H20ClN3O3/c1-19-12-5-3-10(15(19)21)8-20(9-12)16(22)18-11-4-6-14(23-2)13(17)7-11/h4,6-7,10,12H,3,5,8-9H2,1-2H3,(H,18,22)/t10-,12+/m0/s1. The summed E-state index contributed by atoms with van der Waals surface area (Å²) in [5.41, 5.74) is 0.608. The Bertz CT molecular complexity index is 637.